The monoisotopic (exact) mass is 287 g/mol. The van der Waals surface area contributed by atoms with Crippen LogP contribution in [0.3, 0.4) is 0 Å². The van der Waals surface area contributed by atoms with Gasteiger partial charge in [0.15, 0.2) is 0 Å². The third-order valence-corrected chi connectivity index (χ3v) is 3.79. The van der Waals surface area contributed by atoms with Crippen LogP contribution in [-0.4, -0.2) is 19.3 Å². The van der Waals surface area contributed by atoms with Crippen molar-refractivity contribution in [3.63, 3.8) is 0 Å². The molecule has 1 heterocycles. The molecule has 0 bridgehead atoms. The molecule has 1 aliphatic rings. The van der Waals surface area contributed by atoms with Crippen molar-refractivity contribution in [1.29, 1.82) is 0 Å². The maximum absolute atomic E-state index is 12.6. The van der Waals surface area contributed by atoms with E-state index in [-0.39, 0.29) is 12.1 Å². The molecule has 3 unspecified atom stereocenters. The summed E-state index contributed by atoms with van der Waals surface area (Å²) in [5.41, 5.74) is 0.232. The Bertz CT molecular complexity index is 430. The molecule has 0 amide bonds. The zero-order chi connectivity index (χ0) is 14.8. The van der Waals surface area contributed by atoms with Crippen LogP contribution in [-0.2, 0) is 10.9 Å². The highest BCUT2D eigenvalue weighted by Gasteiger charge is 2.34. The van der Waals surface area contributed by atoms with E-state index in [0.717, 1.165) is 30.7 Å². The highest BCUT2D eigenvalue weighted by Crippen LogP contribution is 2.34. The van der Waals surface area contributed by atoms with E-state index in [9.17, 15) is 13.2 Å². The molecule has 0 spiro atoms. The third-order valence-electron chi connectivity index (χ3n) is 3.79. The van der Waals surface area contributed by atoms with Gasteiger partial charge in [0.05, 0.1) is 17.7 Å². The Kier molecular flexibility index (Phi) is 4.70. The van der Waals surface area contributed by atoms with Crippen molar-refractivity contribution in [2.45, 2.75) is 38.6 Å². The summed E-state index contributed by atoms with van der Waals surface area (Å²) in [4.78, 5) is 0. The van der Waals surface area contributed by atoms with Gasteiger partial charge in [0.2, 0.25) is 0 Å². The second kappa shape index (κ2) is 6.14. The van der Waals surface area contributed by atoms with Crippen LogP contribution in [0.15, 0.2) is 24.3 Å². The molecule has 0 aliphatic carbocycles. The molecule has 20 heavy (non-hydrogen) atoms. The van der Waals surface area contributed by atoms with Crippen molar-refractivity contribution in [3.05, 3.63) is 35.4 Å². The fourth-order valence-corrected chi connectivity index (χ4v) is 2.67. The van der Waals surface area contributed by atoms with E-state index < -0.39 is 11.7 Å². The van der Waals surface area contributed by atoms with Crippen LogP contribution in [0.25, 0.3) is 0 Å². The van der Waals surface area contributed by atoms with Gasteiger partial charge in [-0.15, -0.1) is 0 Å². The quantitative estimate of drug-likeness (QED) is 0.910. The zero-order valence-electron chi connectivity index (χ0n) is 11.7. The number of benzene rings is 1. The van der Waals surface area contributed by atoms with E-state index in [4.69, 9.17) is 4.74 Å². The van der Waals surface area contributed by atoms with Crippen LogP contribution in [0, 0.1) is 5.92 Å². The van der Waals surface area contributed by atoms with E-state index in [2.05, 4.69) is 12.2 Å². The van der Waals surface area contributed by atoms with E-state index in [1.54, 1.807) is 12.1 Å². The molecule has 1 N–H and O–H groups in total. The fraction of sp³-hybridized carbons (Fsp3) is 0.600. The summed E-state index contributed by atoms with van der Waals surface area (Å²) in [5.74, 6) is 0.404. The van der Waals surface area contributed by atoms with Crippen molar-refractivity contribution in [1.82, 2.24) is 5.32 Å². The van der Waals surface area contributed by atoms with Crippen LogP contribution < -0.4 is 5.32 Å². The first-order valence-electron chi connectivity index (χ1n) is 6.95. The molecule has 3 atom stereocenters. The van der Waals surface area contributed by atoms with Gasteiger partial charge in [-0.05, 0) is 36.6 Å². The lowest BCUT2D eigenvalue weighted by molar-refractivity contribution is -0.137. The number of nitrogens with one attached hydrogen (secondary N) is 1. The van der Waals surface area contributed by atoms with Gasteiger partial charge in [-0.2, -0.15) is 13.2 Å². The van der Waals surface area contributed by atoms with Crippen LogP contribution in [0.2, 0.25) is 0 Å². The van der Waals surface area contributed by atoms with Gasteiger partial charge in [0, 0.05) is 6.61 Å². The van der Waals surface area contributed by atoms with Crippen LogP contribution in [0.4, 0.5) is 13.2 Å². The van der Waals surface area contributed by atoms with Gasteiger partial charge in [-0.3, -0.25) is 0 Å². The number of ether oxygens (including phenoxy) is 1. The molecule has 1 aliphatic heterocycles. The third kappa shape index (κ3) is 3.33. The normalized spacial score (nSPS) is 24.9. The molecule has 0 saturated carbocycles. The number of likely N-dealkylation sites (N-methyl/N-ethyl adjacent to an activating group) is 1. The van der Waals surface area contributed by atoms with Crippen molar-refractivity contribution >= 4 is 0 Å². The van der Waals surface area contributed by atoms with Crippen molar-refractivity contribution in [2.24, 2.45) is 5.92 Å². The highest BCUT2D eigenvalue weighted by atomic mass is 19.4. The summed E-state index contributed by atoms with van der Waals surface area (Å²) in [6, 6.07) is 5.31. The van der Waals surface area contributed by atoms with Crippen molar-refractivity contribution in [2.75, 3.05) is 13.2 Å². The van der Waals surface area contributed by atoms with Crippen LogP contribution in [0.1, 0.15) is 37.4 Å². The lowest BCUT2D eigenvalue weighted by Gasteiger charge is -2.27. The molecular weight excluding hydrogens is 267 g/mol. The van der Waals surface area contributed by atoms with Gasteiger partial charge in [0.1, 0.15) is 0 Å². The minimum Gasteiger partial charge on any atom is -0.376 e. The van der Waals surface area contributed by atoms with Crippen molar-refractivity contribution < 1.29 is 17.9 Å². The second-order valence-electron chi connectivity index (χ2n) is 5.26. The summed E-state index contributed by atoms with van der Waals surface area (Å²) in [7, 11) is 0. The summed E-state index contributed by atoms with van der Waals surface area (Å²) >= 11 is 0. The average Bonchev–Trinajstić information content (AvgIpc) is 2.81. The average molecular weight is 287 g/mol. The Labute approximate surface area is 117 Å². The second-order valence-corrected chi connectivity index (χ2v) is 5.26. The SMILES string of the molecule is CCNC(c1ccc(C(F)(F)F)cc1)C1OCCC1C. The van der Waals surface area contributed by atoms with E-state index >= 15 is 0 Å². The summed E-state index contributed by atoms with van der Waals surface area (Å²) < 4.78 is 43.5. The molecule has 0 radical (unpaired) electrons. The molecule has 5 heteroatoms. The van der Waals surface area contributed by atoms with Gasteiger partial charge >= 0.3 is 6.18 Å². The molecular formula is C15H20F3NO. The minimum absolute atomic E-state index is 0.0201. The Morgan fingerprint density at radius 3 is 2.40 bits per heavy atom. The fourth-order valence-electron chi connectivity index (χ4n) is 2.67. The largest absolute Gasteiger partial charge is 0.416 e. The summed E-state index contributed by atoms with van der Waals surface area (Å²) in [6.07, 6.45) is -3.28. The number of hydrogen-bond donors (Lipinski definition) is 1. The van der Waals surface area contributed by atoms with Crippen LogP contribution >= 0.6 is 0 Å². The Hall–Kier alpha value is -1.07. The Morgan fingerprint density at radius 1 is 1.30 bits per heavy atom. The van der Waals surface area contributed by atoms with E-state index in [1.165, 1.54) is 0 Å². The Morgan fingerprint density at radius 2 is 1.95 bits per heavy atom. The predicted molar refractivity (Wildman–Crippen MR) is 71.4 cm³/mol. The molecule has 1 aromatic rings. The smallest absolute Gasteiger partial charge is 0.376 e. The first-order valence-corrected chi connectivity index (χ1v) is 6.95. The lowest BCUT2D eigenvalue weighted by atomic mass is 9.92. The minimum atomic E-state index is -4.29. The zero-order valence-corrected chi connectivity index (χ0v) is 11.7. The summed E-state index contributed by atoms with van der Waals surface area (Å²) in [5, 5.41) is 3.32. The first-order chi connectivity index (χ1) is 9.43. The topological polar surface area (TPSA) is 21.3 Å². The molecule has 1 saturated heterocycles. The molecule has 0 aromatic heterocycles. The Balaban J connectivity index is 2.21. The molecule has 1 fully saturated rings. The van der Waals surface area contributed by atoms with E-state index in [1.807, 2.05) is 6.92 Å². The number of alkyl halides is 3. The summed E-state index contributed by atoms with van der Waals surface area (Å²) in [6.45, 7) is 5.56. The van der Waals surface area contributed by atoms with Gasteiger partial charge in [0.25, 0.3) is 0 Å². The van der Waals surface area contributed by atoms with E-state index in [0.29, 0.717) is 12.5 Å². The molecule has 1 aromatic carbocycles. The maximum atomic E-state index is 12.6. The van der Waals surface area contributed by atoms with Gasteiger partial charge in [-0.1, -0.05) is 26.0 Å². The molecule has 2 rings (SSSR count). The van der Waals surface area contributed by atoms with Crippen molar-refractivity contribution in [3.8, 4) is 0 Å². The number of halogens is 3. The van der Waals surface area contributed by atoms with Gasteiger partial charge in [-0.25, -0.2) is 0 Å². The maximum Gasteiger partial charge on any atom is 0.416 e. The number of hydrogen-bond acceptors (Lipinski definition) is 2. The molecule has 112 valence electrons. The standard InChI is InChI=1S/C15H20F3NO/c1-3-19-13(14-10(2)8-9-20-14)11-4-6-12(7-5-11)15(16,17)18/h4-7,10,13-14,19H,3,8-9H2,1-2H3. The van der Waals surface area contributed by atoms with Crippen LogP contribution in [0.5, 0.6) is 0 Å². The predicted octanol–water partition coefficient (Wildman–Crippen LogP) is 3.78. The highest BCUT2D eigenvalue weighted by molar-refractivity contribution is 5.27. The molecule has 2 nitrogen and oxygen atoms in total. The first kappa shape index (κ1) is 15.3. The lowest BCUT2D eigenvalue weighted by Crippen LogP contribution is -2.34. The van der Waals surface area contributed by atoms with Gasteiger partial charge < -0.3 is 10.1 Å². The number of rotatable bonds is 4.